The van der Waals surface area contributed by atoms with Crippen LogP contribution in [0.15, 0.2) is 22.7 Å². The first-order valence-electron chi connectivity index (χ1n) is 4.50. The van der Waals surface area contributed by atoms with Gasteiger partial charge in [0.25, 0.3) is 0 Å². The molecule has 0 spiro atoms. The molecular weight excluding hydrogens is 245 g/mol. The fourth-order valence-electron chi connectivity index (χ4n) is 1.51. The van der Waals surface area contributed by atoms with Crippen LogP contribution in [0, 0.1) is 22.6 Å². The van der Waals surface area contributed by atoms with Crippen LogP contribution in [0.25, 0.3) is 0 Å². The third-order valence-electron chi connectivity index (χ3n) is 2.63. The zero-order valence-corrected chi connectivity index (χ0v) is 9.14. The van der Waals surface area contributed by atoms with Crippen molar-refractivity contribution in [3.8, 4) is 6.07 Å². The maximum Gasteiger partial charge on any atom is 0.124 e. The minimum atomic E-state index is -0.248. The molecule has 1 aromatic rings. The molecule has 14 heavy (non-hydrogen) atoms. The summed E-state index contributed by atoms with van der Waals surface area (Å²) >= 11 is 3.31. The minimum absolute atomic E-state index is 0.166. The van der Waals surface area contributed by atoms with Crippen LogP contribution < -0.4 is 0 Å². The minimum Gasteiger partial charge on any atom is -0.207 e. The van der Waals surface area contributed by atoms with Gasteiger partial charge in [-0.1, -0.05) is 22.0 Å². The highest BCUT2D eigenvalue weighted by Crippen LogP contribution is 2.48. The Bertz CT molecular complexity index is 404. The molecule has 1 aliphatic carbocycles. The third kappa shape index (κ3) is 1.80. The second-order valence-corrected chi connectivity index (χ2v) is 4.66. The van der Waals surface area contributed by atoms with Gasteiger partial charge in [0.15, 0.2) is 0 Å². The van der Waals surface area contributed by atoms with E-state index in [2.05, 4.69) is 22.0 Å². The Morgan fingerprint density at radius 1 is 1.50 bits per heavy atom. The number of hydrogen-bond donors (Lipinski definition) is 0. The van der Waals surface area contributed by atoms with Crippen molar-refractivity contribution < 1.29 is 4.39 Å². The van der Waals surface area contributed by atoms with Gasteiger partial charge in [0.05, 0.1) is 11.5 Å². The molecule has 1 saturated carbocycles. The molecule has 1 aromatic carbocycles. The van der Waals surface area contributed by atoms with Crippen LogP contribution in [-0.2, 0) is 6.42 Å². The summed E-state index contributed by atoms with van der Waals surface area (Å²) in [6, 6.07) is 6.96. The normalized spacial score (nSPS) is 17.5. The summed E-state index contributed by atoms with van der Waals surface area (Å²) in [7, 11) is 0. The number of hydrogen-bond acceptors (Lipinski definition) is 1. The van der Waals surface area contributed by atoms with Gasteiger partial charge in [-0.3, -0.25) is 0 Å². The van der Waals surface area contributed by atoms with Crippen molar-refractivity contribution in [1.82, 2.24) is 0 Å². The molecule has 0 aliphatic heterocycles. The van der Waals surface area contributed by atoms with Crippen LogP contribution in [0.5, 0.6) is 0 Å². The molecule has 2 rings (SSSR count). The van der Waals surface area contributed by atoms with Crippen LogP contribution in [0.2, 0.25) is 0 Å². The summed E-state index contributed by atoms with van der Waals surface area (Å²) in [5.41, 5.74) is 0.853. The Morgan fingerprint density at radius 3 is 2.71 bits per heavy atom. The fourth-order valence-corrected chi connectivity index (χ4v) is 2.00. The largest absolute Gasteiger partial charge is 0.207 e. The van der Waals surface area contributed by atoms with Crippen molar-refractivity contribution in [3.63, 3.8) is 0 Å². The molecular formula is C11H9BrFN. The lowest BCUT2D eigenvalue weighted by molar-refractivity contribution is 0.621. The van der Waals surface area contributed by atoms with Crippen molar-refractivity contribution in [3.05, 3.63) is 34.1 Å². The Hall–Kier alpha value is -0.880. The summed E-state index contributed by atoms with van der Waals surface area (Å²) in [6.45, 7) is 0. The van der Waals surface area contributed by atoms with Crippen LogP contribution in [-0.4, -0.2) is 0 Å². The van der Waals surface area contributed by atoms with Crippen molar-refractivity contribution in [2.75, 3.05) is 0 Å². The van der Waals surface area contributed by atoms with Crippen LogP contribution in [0.4, 0.5) is 4.39 Å². The molecule has 0 unspecified atom stereocenters. The fraction of sp³-hybridized carbons (Fsp3) is 0.364. The maximum atomic E-state index is 12.8. The van der Waals surface area contributed by atoms with E-state index in [4.69, 9.17) is 5.26 Å². The van der Waals surface area contributed by atoms with Gasteiger partial charge in [-0.15, -0.1) is 0 Å². The highest BCUT2D eigenvalue weighted by atomic mass is 79.9. The van der Waals surface area contributed by atoms with Gasteiger partial charge in [-0.05, 0) is 37.0 Å². The van der Waals surface area contributed by atoms with Crippen LogP contribution >= 0.6 is 15.9 Å². The zero-order chi connectivity index (χ0) is 10.2. The lowest BCUT2D eigenvalue weighted by Crippen LogP contribution is -2.02. The van der Waals surface area contributed by atoms with Gasteiger partial charge >= 0.3 is 0 Å². The molecule has 0 saturated heterocycles. The summed E-state index contributed by atoms with van der Waals surface area (Å²) in [4.78, 5) is 0. The number of rotatable bonds is 2. The Morgan fingerprint density at radius 2 is 2.21 bits per heavy atom. The molecule has 0 aromatic heterocycles. The van der Waals surface area contributed by atoms with E-state index >= 15 is 0 Å². The first-order valence-corrected chi connectivity index (χ1v) is 5.30. The molecule has 1 fully saturated rings. The second-order valence-electron chi connectivity index (χ2n) is 3.80. The summed E-state index contributed by atoms with van der Waals surface area (Å²) in [6.07, 6.45) is 2.66. The predicted octanol–water partition coefficient (Wildman–Crippen LogP) is 3.43. The number of halogens is 2. The molecule has 0 amide bonds. The van der Waals surface area contributed by atoms with Crippen molar-refractivity contribution >= 4 is 15.9 Å². The van der Waals surface area contributed by atoms with E-state index in [1.165, 1.54) is 12.1 Å². The highest BCUT2D eigenvalue weighted by Gasteiger charge is 2.43. The molecule has 0 radical (unpaired) electrons. The molecule has 1 aliphatic rings. The van der Waals surface area contributed by atoms with Crippen molar-refractivity contribution in [2.45, 2.75) is 19.3 Å². The molecule has 0 N–H and O–H groups in total. The van der Waals surface area contributed by atoms with E-state index in [9.17, 15) is 4.39 Å². The highest BCUT2D eigenvalue weighted by molar-refractivity contribution is 9.10. The van der Waals surface area contributed by atoms with Gasteiger partial charge in [0.2, 0.25) is 0 Å². The molecule has 0 atom stereocenters. The lowest BCUT2D eigenvalue weighted by atomic mass is 9.98. The van der Waals surface area contributed by atoms with E-state index in [0.717, 1.165) is 29.3 Å². The monoisotopic (exact) mass is 253 g/mol. The van der Waals surface area contributed by atoms with Gasteiger partial charge in [-0.2, -0.15) is 5.26 Å². The van der Waals surface area contributed by atoms with E-state index in [0.29, 0.717) is 0 Å². The van der Waals surface area contributed by atoms with Gasteiger partial charge in [-0.25, -0.2) is 4.39 Å². The number of nitriles is 1. The molecule has 0 bridgehead atoms. The average molecular weight is 254 g/mol. The number of benzene rings is 1. The van der Waals surface area contributed by atoms with E-state index in [1.54, 1.807) is 6.07 Å². The first kappa shape index (κ1) is 9.67. The Kier molecular flexibility index (Phi) is 2.32. The topological polar surface area (TPSA) is 23.8 Å². The van der Waals surface area contributed by atoms with Gasteiger partial charge in [0, 0.05) is 4.47 Å². The van der Waals surface area contributed by atoms with Gasteiger partial charge in [0.1, 0.15) is 5.82 Å². The Labute approximate surface area is 90.7 Å². The summed E-state index contributed by atoms with van der Waals surface area (Å²) in [5, 5.41) is 8.92. The van der Waals surface area contributed by atoms with Crippen molar-refractivity contribution in [1.29, 1.82) is 5.26 Å². The van der Waals surface area contributed by atoms with E-state index in [1.807, 2.05) is 0 Å². The maximum absolute atomic E-state index is 12.8. The standard InChI is InChI=1S/C11H9BrFN/c12-10-5-9(13)2-1-8(10)6-11(7-14)3-4-11/h1-2,5H,3-4,6H2. The molecule has 3 heteroatoms. The zero-order valence-electron chi connectivity index (χ0n) is 7.56. The van der Waals surface area contributed by atoms with Gasteiger partial charge < -0.3 is 0 Å². The van der Waals surface area contributed by atoms with Crippen LogP contribution in [0.3, 0.4) is 0 Å². The van der Waals surface area contributed by atoms with Crippen LogP contribution in [0.1, 0.15) is 18.4 Å². The summed E-state index contributed by atoms with van der Waals surface area (Å²) in [5.74, 6) is -0.248. The molecule has 1 nitrogen and oxygen atoms in total. The number of nitrogens with zero attached hydrogens (tertiary/aromatic N) is 1. The van der Waals surface area contributed by atoms with E-state index in [-0.39, 0.29) is 11.2 Å². The Balaban J connectivity index is 2.22. The quantitative estimate of drug-likeness (QED) is 0.793. The van der Waals surface area contributed by atoms with E-state index < -0.39 is 0 Å². The molecule has 72 valence electrons. The second kappa shape index (κ2) is 3.36. The smallest absolute Gasteiger partial charge is 0.124 e. The average Bonchev–Trinajstić information content (AvgIpc) is 2.91. The first-order chi connectivity index (χ1) is 6.65. The third-order valence-corrected chi connectivity index (χ3v) is 3.37. The summed E-state index contributed by atoms with van der Waals surface area (Å²) < 4.78 is 13.5. The predicted molar refractivity (Wildman–Crippen MR) is 55.1 cm³/mol. The lowest BCUT2D eigenvalue weighted by Gasteiger charge is -2.07. The van der Waals surface area contributed by atoms with Crippen molar-refractivity contribution in [2.24, 2.45) is 5.41 Å². The SMILES string of the molecule is N#CC1(Cc2ccc(F)cc2Br)CC1. The molecule has 0 heterocycles.